The molecule has 0 spiro atoms. The maximum absolute atomic E-state index is 12.9. The number of ether oxygens (including phenoxy) is 1. The van der Waals surface area contributed by atoms with E-state index in [0.29, 0.717) is 48.0 Å². The van der Waals surface area contributed by atoms with Crippen molar-refractivity contribution in [1.29, 1.82) is 5.26 Å². The third kappa shape index (κ3) is 6.72. The molecule has 0 N–H and O–H groups in total. The molecule has 9 heteroatoms. The first-order valence-corrected chi connectivity index (χ1v) is 13.5. The van der Waals surface area contributed by atoms with Gasteiger partial charge in [-0.25, -0.2) is 9.78 Å². The average Bonchev–Trinajstić information content (AvgIpc) is 2.92. The molecule has 1 fully saturated rings. The van der Waals surface area contributed by atoms with Gasteiger partial charge in [0.05, 0.1) is 22.2 Å². The van der Waals surface area contributed by atoms with E-state index >= 15 is 0 Å². The van der Waals surface area contributed by atoms with Crippen molar-refractivity contribution in [3.05, 3.63) is 82.5 Å². The van der Waals surface area contributed by atoms with Gasteiger partial charge in [-0.05, 0) is 56.5 Å². The first-order valence-electron chi connectivity index (χ1n) is 13.2. The van der Waals surface area contributed by atoms with Crippen LogP contribution in [0.3, 0.4) is 0 Å². The Labute approximate surface area is 240 Å². The lowest BCUT2D eigenvalue weighted by Gasteiger charge is -2.42. The molecule has 8 nitrogen and oxygen atoms in total. The molecule has 0 bridgehead atoms. The number of benzene rings is 2. The van der Waals surface area contributed by atoms with Gasteiger partial charge in [-0.1, -0.05) is 48.0 Å². The molecule has 1 aromatic heterocycles. The monoisotopic (exact) mass is 559 g/mol. The average molecular weight is 560 g/mol. The predicted molar refractivity (Wildman–Crippen MR) is 157 cm³/mol. The van der Waals surface area contributed by atoms with Crippen LogP contribution in [0.4, 0.5) is 10.6 Å². The van der Waals surface area contributed by atoms with E-state index in [-0.39, 0.29) is 18.0 Å². The Morgan fingerprint density at radius 3 is 2.45 bits per heavy atom. The second-order valence-electron chi connectivity index (χ2n) is 11.1. The predicted octanol–water partition coefficient (Wildman–Crippen LogP) is 5.64. The van der Waals surface area contributed by atoms with E-state index in [4.69, 9.17) is 21.3 Å². The number of hydrogen-bond donors (Lipinski definition) is 0. The summed E-state index contributed by atoms with van der Waals surface area (Å²) in [5, 5.41) is 10.5. The molecule has 2 amide bonds. The summed E-state index contributed by atoms with van der Waals surface area (Å²) in [6.45, 7) is 6.96. The van der Waals surface area contributed by atoms with Crippen molar-refractivity contribution in [2.75, 3.05) is 38.6 Å². The van der Waals surface area contributed by atoms with E-state index in [1.807, 2.05) is 39.0 Å². The zero-order valence-corrected chi connectivity index (χ0v) is 24.3. The van der Waals surface area contributed by atoms with Gasteiger partial charge in [0.2, 0.25) is 0 Å². The van der Waals surface area contributed by atoms with Crippen LogP contribution in [-0.4, -0.2) is 72.2 Å². The summed E-state index contributed by atoms with van der Waals surface area (Å²) in [6, 6.07) is 19.3. The van der Waals surface area contributed by atoms with Crippen LogP contribution in [0.2, 0.25) is 5.02 Å². The summed E-state index contributed by atoms with van der Waals surface area (Å²) in [6.07, 6.45) is 2.04. The first-order chi connectivity index (χ1) is 19.0. The van der Waals surface area contributed by atoms with Gasteiger partial charge >= 0.3 is 6.09 Å². The minimum Gasteiger partial charge on any atom is -0.444 e. The van der Waals surface area contributed by atoms with Crippen LogP contribution in [0.5, 0.6) is 0 Å². The third-order valence-corrected chi connectivity index (χ3v) is 6.96. The van der Waals surface area contributed by atoms with Crippen molar-refractivity contribution in [2.45, 2.75) is 38.8 Å². The minimum atomic E-state index is -0.588. The SMILES string of the molecule is CN(C)C(=O)c1ccc(-c2cnc(N3CCN(C(=O)OC(C)(C)C)CC3Cc3ccccc3)c(C#N)c2)cc1Cl. The Balaban J connectivity index is 1.64. The largest absolute Gasteiger partial charge is 0.444 e. The molecule has 1 unspecified atom stereocenters. The standard InChI is InChI=1S/C31H34ClN5O3/c1-31(2,3)40-30(39)36-13-14-37(25(20-36)15-21-9-7-6-8-10-21)28-23(18-33)16-24(19-34-28)22-11-12-26(27(32)17-22)29(38)35(4)5/h6-12,16-17,19,25H,13-15,20H2,1-5H3. The Kier molecular flexibility index (Phi) is 8.65. The molecular weight excluding hydrogens is 526 g/mol. The Morgan fingerprint density at radius 1 is 1.10 bits per heavy atom. The van der Waals surface area contributed by atoms with Crippen molar-refractivity contribution in [2.24, 2.45) is 0 Å². The van der Waals surface area contributed by atoms with E-state index in [1.54, 1.807) is 49.5 Å². The molecule has 2 heterocycles. The molecule has 1 saturated heterocycles. The summed E-state index contributed by atoms with van der Waals surface area (Å²) in [4.78, 5) is 35.3. The molecule has 1 atom stereocenters. The van der Waals surface area contributed by atoms with Gasteiger partial charge in [0, 0.05) is 45.5 Å². The zero-order chi connectivity index (χ0) is 29.0. The zero-order valence-electron chi connectivity index (χ0n) is 23.5. The Morgan fingerprint density at radius 2 is 1.82 bits per heavy atom. The number of aromatic nitrogens is 1. The van der Waals surface area contributed by atoms with Crippen molar-refractivity contribution in [3.63, 3.8) is 0 Å². The van der Waals surface area contributed by atoms with Gasteiger partial charge in [-0.15, -0.1) is 0 Å². The van der Waals surface area contributed by atoms with E-state index < -0.39 is 5.60 Å². The van der Waals surface area contributed by atoms with Crippen LogP contribution in [0, 0.1) is 11.3 Å². The molecule has 0 radical (unpaired) electrons. The van der Waals surface area contributed by atoms with E-state index in [1.165, 1.54) is 4.90 Å². The summed E-state index contributed by atoms with van der Waals surface area (Å²) in [5.41, 5.74) is 2.85. The van der Waals surface area contributed by atoms with Gasteiger partial charge in [-0.2, -0.15) is 5.26 Å². The molecule has 0 saturated carbocycles. The smallest absolute Gasteiger partial charge is 0.410 e. The number of nitriles is 1. The number of nitrogens with zero attached hydrogens (tertiary/aromatic N) is 5. The third-order valence-electron chi connectivity index (χ3n) is 6.65. The lowest BCUT2D eigenvalue weighted by atomic mass is 10.00. The molecule has 3 aromatic rings. The van der Waals surface area contributed by atoms with Crippen LogP contribution in [0.25, 0.3) is 11.1 Å². The number of rotatable bonds is 5. The van der Waals surface area contributed by atoms with Crippen molar-refractivity contribution in [3.8, 4) is 17.2 Å². The molecule has 208 valence electrons. The number of halogens is 1. The molecule has 40 heavy (non-hydrogen) atoms. The number of piperazine rings is 1. The van der Waals surface area contributed by atoms with Crippen LogP contribution >= 0.6 is 11.6 Å². The van der Waals surface area contributed by atoms with Gasteiger partial charge < -0.3 is 19.4 Å². The fraction of sp³-hybridized carbons (Fsp3) is 0.355. The fourth-order valence-corrected chi connectivity index (χ4v) is 4.98. The highest BCUT2D eigenvalue weighted by atomic mass is 35.5. The molecular formula is C31H34ClN5O3. The second-order valence-corrected chi connectivity index (χ2v) is 11.5. The van der Waals surface area contributed by atoms with E-state index in [9.17, 15) is 14.9 Å². The number of carbonyl (C=O) groups excluding carboxylic acids is 2. The molecule has 4 rings (SSSR count). The Hall–Kier alpha value is -4.09. The highest BCUT2D eigenvalue weighted by molar-refractivity contribution is 6.34. The number of hydrogen-bond acceptors (Lipinski definition) is 6. The highest BCUT2D eigenvalue weighted by Gasteiger charge is 2.34. The summed E-state index contributed by atoms with van der Waals surface area (Å²) < 4.78 is 5.64. The van der Waals surface area contributed by atoms with Crippen LogP contribution in [-0.2, 0) is 11.2 Å². The molecule has 1 aliphatic rings. The molecule has 0 aliphatic carbocycles. The van der Waals surface area contributed by atoms with Crippen LogP contribution in [0.15, 0.2) is 60.8 Å². The van der Waals surface area contributed by atoms with E-state index in [2.05, 4.69) is 23.1 Å². The van der Waals surface area contributed by atoms with Gasteiger partial charge in [-0.3, -0.25) is 4.79 Å². The number of anilines is 1. The molecule has 2 aromatic carbocycles. The fourth-order valence-electron chi connectivity index (χ4n) is 4.72. The maximum atomic E-state index is 12.9. The maximum Gasteiger partial charge on any atom is 0.410 e. The number of pyridine rings is 1. The lowest BCUT2D eigenvalue weighted by molar-refractivity contribution is 0.0214. The van der Waals surface area contributed by atoms with Crippen LogP contribution < -0.4 is 4.90 Å². The minimum absolute atomic E-state index is 0.111. The van der Waals surface area contributed by atoms with Crippen molar-refractivity contribution >= 4 is 29.4 Å². The highest BCUT2D eigenvalue weighted by Crippen LogP contribution is 2.31. The van der Waals surface area contributed by atoms with Crippen molar-refractivity contribution < 1.29 is 14.3 Å². The Bertz CT molecular complexity index is 1430. The van der Waals surface area contributed by atoms with Gasteiger partial charge in [0.1, 0.15) is 17.5 Å². The number of carbonyl (C=O) groups is 2. The quantitative estimate of drug-likeness (QED) is 0.401. The summed E-state index contributed by atoms with van der Waals surface area (Å²) in [5.74, 6) is 0.388. The number of amides is 2. The topological polar surface area (TPSA) is 89.8 Å². The van der Waals surface area contributed by atoms with Gasteiger partial charge in [0.15, 0.2) is 0 Å². The molecule has 1 aliphatic heterocycles. The van der Waals surface area contributed by atoms with Gasteiger partial charge in [0.25, 0.3) is 5.91 Å². The van der Waals surface area contributed by atoms with E-state index in [0.717, 1.165) is 16.7 Å². The van der Waals surface area contributed by atoms with Crippen LogP contribution in [0.1, 0.15) is 42.3 Å². The summed E-state index contributed by atoms with van der Waals surface area (Å²) >= 11 is 6.44. The normalized spacial score (nSPS) is 15.4. The first kappa shape index (κ1) is 28.9. The second kappa shape index (κ2) is 12.0. The summed E-state index contributed by atoms with van der Waals surface area (Å²) in [7, 11) is 3.35. The lowest BCUT2D eigenvalue weighted by Crippen LogP contribution is -2.56. The van der Waals surface area contributed by atoms with Crippen molar-refractivity contribution in [1.82, 2.24) is 14.8 Å².